The van der Waals surface area contributed by atoms with Gasteiger partial charge in [-0.1, -0.05) is 24.3 Å². The Bertz CT molecular complexity index is 897. The number of carbonyl (C=O) groups is 3. The van der Waals surface area contributed by atoms with E-state index in [1.54, 1.807) is 47.4 Å². The van der Waals surface area contributed by atoms with Crippen molar-refractivity contribution >= 4 is 23.8 Å². The number of rotatable bonds is 6. The molecule has 0 bridgehead atoms. The molecule has 146 valence electrons. The van der Waals surface area contributed by atoms with Crippen molar-refractivity contribution in [3.05, 3.63) is 65.1 Å². The molecular weight excluding hydrogens is 356 g/mol. The van der Waals surface area contributed by atoms with Crippen LogP contribution in [0, 0.1) is 0 Å². The molecule has 1 aliphatic heterocycles. The number of carbonyl (C=O) groups excluding carboxylic acids is 3. The molecule has 0 aliphatic carbocycles. The van der Waals surface area contributed by atoms with Gasteiger partial charge in [0.15, 0.2) is 5.76 Å². The van der Waals surface area contributed by atoms with Gasteiger partial charge >= 0.3 is 0 Å². The summed E-state index contributed by atoms with van der Waals surface area (Å²) >= 11 is 0. The summed E-state index contributed by atoms with van der Waals surface area (Å²) in [6.45, 7) is 7.96. The first-order valence-electron chi connectivity index (χ1n) is 9.34. The van der Waals surface area contributed by atoms with E-state index in [0.29, 0.717) is 16.7 Å². The molecule has 28 heavy (non-hydrogen) atoms. The van der Waals surface area contributed by atoms with Crippen LogP contribution in [0.3, 0.4) is 0 Å². The number of amides is 3. The lowest BCUT2D eigenvalue weighted by Crippen LogP contribution is -2.42. The third kappa shape index (κ3) is 3.50. The van der Waals surface area contributed by atoms with Crippen LogP contribution >= 0.6 is 0 Å². The summed E-state index contributed by atoms with van der Waals surface area (Å²) in [5.41, 5.74) is 1.46. The Hall–Kier alpha value is -3.15. The second-order valence-corrected chi connectivity index (χ2v) is 7.27. The summed E-state index contributed by atoms with van der Waals surface area (Å²) in [6, 6.07) is 8.55. The van der Waals surface area contributed by atoms with E-state index in [4.69, 9.17) is 4.42 Å². The van der Waals surface area contributed by atoms with Crippen molar-refractivity contribution in [1.82, 2.24) is 9.80 Å². The first kappa shape index (κ1) is 19.6. The van der Waals surface area contributed by atoms with Gasteiger partial charge in [0.05, 0.1) is 17.4 Å². The molecule has 0 saturated carbocycles. The zero-order valence-electron chi connectivity index (χ0n) is 16.5. The zero-order valence-corrected chi connectivity index (χ0v) is 16.5. The second kappa shape index (κ2) is 7.84. The molecule has 0 atom stereocenters. The van der Waals surface area contributed by atoms with Crippen LogP contribution in [0.1, 0.15) is 64.5 Å². The largest absolute Gasteiger partial charge is 0.459 e. The molecule has 3 amide bonds. The van der Waals surface area contributed by atoms with E-state index in [1.165, 1.54) is 11.2 Å². The number of benzene rings is 1. The van der Waals surface area contributed by atoms with Crippen LogP contribution in [0.2, 0.25) is 0 Å². The maximum absolute atomic E-state index is 12.9. The highest BCUT2D eigenvalue weighted by atomic mass is 16.3. The summed E-state index contributed by atoms with van der Waals surface area (Å²) in [6.07, 6.45) is 4.87. The highest BCUT2D eigenvalue weighted by molar-refractivity contribution is 6.21. The van der Waals surface area contributed by atoms with E-state index < -0.39 is 0 Å². The quantitative estimate of drug-likeness (QED) is 0.714. The van der Waals surface area contributed by atoms with Crippen LogP contribution in [0.4, 0.5) is 0 Å². The molecule has 1 aromatic carbocycles. The van der Waals surface area contributed by atoms with E-state index in [0.717, 1.165) is 0 Å². The van der Waals surface area contributed by atoms with Crippen molar-refractivity contribution in [3.8, 4) is 0 Å². The third-order valence-corrected chi connectivity index (χ3v) is 4.70. The van der Waals surface area contributed by atoms with Crippen LogP contribution in [0.15, 0.2) is 47.1 Å². The maximum atomic E-state index is 12.9. The average Bonchev–Trinajstić information content (AvgIpc) is 3.20. The first-order chi connectivity index (χ1) is 13.3. The fraction of sp³-hybridized carbons (Fsp3) is 0.318. The molecule has 1 aromatic heterocycles. The van der Waals surface area contributed by atoms with Crippen molar-refractivity contribution in [1.29, 1.82) is 0 Å². The van der Waals surface area contributed by atoms with Gasteiger partial charge in [-0.25, -0.2) is 0 Å². The minimum atomic E-state index is -0.306. The van der Waals surface area contributed by atoms with Gasteiger partial charge in [-0.2, -0.15) is 0 Å². The van der Waals surface area contributed by atoms with Crippen LogP contribution in [0.5, 0.6) is 0 Å². The molecule has 0 unspecified atom stereocenters. The second-order valence-electron chi connectivity index (χ2n) is 7.27. The highest BCUT2D eigenvalue weighted by Gasteiger charge is 2.34. The molecule has 6 heteroatoms. The van der Waals surface area contributed by atoms with E-state index in [2.05, 4.69) is 0 Å². The molecule has 0 N–H and O–H groups in total. The van der Waals surface area contributed by atoms with Crippen molar-refractivity contribution < 1.29 is 18.8 Å². The van der Waals surface area contributed by atoms with Gasteiger partial charge in [0, 0.05) is 24.2 Å². The predicted molar refractivity (Wildman–Crippen MR) is 106 cm³/mol. The highest BCUT2D eigenvalue weighted by Crippen LogP contribution is 2.23. The first-order valence-corrected chi connectivity index (χ1v) is 9.34. The van der Waals surface area contributed by atoms with Crippen molar-refractivity contribution in [3.63, 3.8) is 0 Å². The maximum Gasteiger partial charge on any atom is 0.290 e. The number of hydrogen-bond acceptors (Lipinski definition) is 4. The number of hydrogen-bond donors (Lipinski definition) is 0. The monoisotopic (exact) mass is 380 g/mol. The smallest absolute Gasteiger partial charge is 0.290 e. The summed E-state index contributed by atoms with van der Waals surface area (Å²) in [4.78, 5) is 40.6. The number of nitrogens with zero attached hydrogens (tertiary/aromatic N) is 2. The Morgan fingerprint density at radius 3 is 2.14 bits per heavy atom. The number of imide groups is 1. The van der Waals surface area contributed by atoms with Crippen LogP contribution in [0.25, 0.3) is 6.08 Å². The zero-order chi connectivity index (χ0) is 20.4. The Balaban J connectivity index is 1.75. The molecule has 2 heterocycles. The fourth-order valence-corrected chi connectivity index (χ4v) is 3.50. The lowest BCUT2D eigenvalue weighted by Gasteiger charge is -2.30. The van der Waals surface area contributed by atoms with Gasteiger partial charge in [0.25, 0.3) is 17.7 Å². The normalized spacial score (nSPS) is 13.9. The Kier molecular flexibility index (Phi) is 5.49. The third-order valence-electron chi connectivity index (χ3n) is 4.70. The number of furan rings is 1. The Labute approximate surface area is 164 Å². The minimum absolute atomic E-state index is 0.0350. The molecule has 0 fully saturated rings. The molecule has 2 aromatic rings. The summed E-state index contributed by atoms with van der Waals surface area (Å²) in [7, 11) is 0. The number of fused-ring (bicyclic) bond motifs is 1. The average molecular weight is 380 g/mol. The lowest BCUT2D eigenvalue weighted by atomic mass is 10.1. The molecule has 1 aliphatic rings. The van der Waals surface area contributed by atoms with Crippen LogP contribution < -0.4 is 0 Å². The van der Waals surface area contributed by atoms with Gasteiger partial charge in [0.1, 0.15) is 0 Å². The lowest BCUT2D eigenvalue weighted by molar-refractivity contribution is 0.0608. The molecule has 3 rings (SSSR count). The van der Waals surface area contributed by atoms with Crippen molar-refractivity contribution in [2.75, 3.05) is 6.54 Å². The molecular formula is C22H24N2O4. The van der Waals surface area contributed by atoms with Gasteiger partial charge in [-0.15, -0.1) is 0 Å². The van der Waals surface area contributed by atoms with Crippen LogP contribution in [-0.4, -0.2) is 46.1 Å². The summed E-state index contributed by atoms with van der Waals surface area (Å²) < 4.78 is 5.43. The van der Waals surface area contributed by atoms with Crippen molar-refractivity contribution in [2.24, 2.45) is 0 Å². The molecule has 0 saturated heterocycles. The SMILES string of the molecule is CC(C)N(C(=O)c1occc1/C=C/CN1C(=O)c2ccccc2C1=O)C(C)C. The standard InChI is InChI=1S/C22H24N2O4/c1-14(2)24(15(3)4)22(27)19-16(11-13-28-19)8-7-12-23-20(25)17-9-5-6-10-18(17)21(23)26/h5-11,13-15H,12H2,1-4H3/b8-7+. The van der Waals surface area contributed by atoms with Crippen LogP contribution in [-0.2, 0) is 0 Å². The topological polar surface area (TPSA) is 70.8 Å². The van der Waals surface area contributed by atoms with Crippen molar-refractivity contribution in [2.45, 2.75) is 39.8 Å². The Morgan fingerprint density at radius 1 is 1.04 bits per heavy atom. The summed E-state index contributed by atoms with van der Waals surface area (Å²) in [5, 5.41) is 0. The molecule has 0 spiro atoms. The van der Waals surface area contributed by atoms with Gasteiger partial charge in [-0.3, -0.25) is 19.3 Å². The van der Waals surface area contributed by atoms with E-state index in [-0.39, 0.29) is 42.1 Å². The minimum Gasteiger partial charge on any atom is -0.459 e. The van der Waals surface area contributed by atoms with E-state index >= 15 is 0 Å². The van der Waals surface area contributed by atoms with Gasteiger partial charge in [0.2, 0.25) is 0 Å². The summed E-state index contributed by atoms with van der Waals surface area (Å²) in [5.74, 6) is -0.546. The predicted octanol–water partition coefficient (Wildman–Crippen LogP) is 3.85. The van der Waals surface area contributed by atoms with E-state index in [1.807, 2.05) is 27.7 Å². The molecule has 6 nitrogen and oxygen atoms in total. The van der Waals surface area contributed by atoms with Gasteiger partial charge < -0.3 is 9.32 Å². The van der Waals surface area contributed by atoms with Gasteiger partial charge in [-0.05, 0) is 45.9 Å². The fourth-order valence-electron chi connectivity index (χ4n) is 3.50. The molecule has 0 radical (unpaired) electrons. The van der Waals surface area contributed by atoms with E-state index in [9.17, 15) is 14.4 Å². The Morgan fingerprint density at radius 2 is 1.61 bits per heavy atom.